The number of amides is 1. The molecule has 1 aromatic heterocycles. The number of aromatic nitrogens is 1. The smallest absolute Gasteiger partial charge is 0.280 e. The van der Waals surface area contributed by atoms with Gasteiger partial charge in [0.15, 0.2) is 5.01 Å². The van der Waals surface area contributed by atoms with Gasteiger partial charge in [0.1, 0.15) is 0 Å². The number of hydrogen-bond donors (Lipinski definition) is 2. The van der Waals surface area contributed by atoms with Crippen LogP contribution in [0.25, 0.3) is 0 Å². The number of carbonyl (C=O) groups is 1. The van der Waals surface area contributed by atoms with Gasteiger partial charge in [-0.05, 0) is 18.8 Å². The molecule has 0 fully saturated rings. The summed E-state index contributed by atoms with van der Waals surface area (Å²) in [4.78, 5) is 16.6. The minimum absolute atomic E-state index is 0.172. The van der Waals surface area contributed by atoms with Gasteiger partial charge >= 0.3 is 0 Å². The van der Waals surface area contributed by atoms with E-state index >= 15 is 0 Å². The van der Waals surface area contributed by atoms with E-state index in [0.29, 0.717) is 10.7 Å². The fraction of sp³-hybridized carbons (Fsp3) is 0.600. The van der Waals surface area contributed by atoms with E-state index in [1.165, 1.54) is 11.3 Å². The van der Waals surface area contributed by atoms with E-state index in [2.05, 4.69) is 10.3 Å². The molecule has 0 aromatic carbocycles. The summed E-state index contributed by atoms with van der Waals surface area (Å²) in [6.45, 7) is 2.01. The standard InChI is InChI=1S/C10H14N2O2S/c1-5-3-4-6-7(8(5)13)12-10(15-6)9(14)11-2/h5,8,13H,3-4H2,1-2H3,(H,11,14). The molecular weight excluding hydrogens is 212 g/mol. The van der Waals surface area contributed by atoms with Gasteiger partial charge in [0.2, 0.25) is 0 Å². The SMILES string of the molecule is CNC(=O)c1nc2c(s1)CCC(C)C2O. The van der Waals surface area contributed by atoms with E-state index in [9.17, 15) is 9.90 Å². The fourth-order valence-electron chi connectivity index (χ4n) is 1.76. The molecule has 0 saturated carbocycles. The molecule has 0 radical (unpaired) electrons. The zero-order valence-electron chi connectivity index (χ0n) is 8.78. The number of fused-ring (bicyclic) bond motifs is 1. The van der Waals surface area contributed by atoms with Crippen molar-refractivity contribution in [1.82, 2.24) is 10.3 Å². The highest BCUT2D eigenvalue weighted by Crippen LogP contribution is 2.36. The Morgan fingerprint density at radius 3 is 3.07 bits per heavy atom. The zero-order valence-corrected chi connectivity index (χ0v) is 9.60. The highest BCUT2D eigenvalue weighted by Gasteiger charge is 2.29. The first-order valence-corrected chi connectivity index (χ1v) is 5.85. The van der Waals surface area contributed by atoms with Crippen molar-refractivity contribution in [3.63, 3.8) is 0 Å². The second kappa shape index (κ2) is 3.90. The topological polar surface area (TPSA) is 62.2 Å². The summed E-state index contributed by atoms with van der Waals surface area (Å²) in [5.41, 5.74) is 0.706. The summed E-state index contributed by atoms with van der Waals surface area (Å²) >= 11 is 1.39. The number of thiazole rings is 1. The molecule has 0 saturated heterocycles. The molecule has 0 bridgehead atoms. The van der Waals surface area contributed by atoms with Crippen molar-refractivity contribution >= 4 is 17.2 Å². The third kappa shape index (κ3) is 1.77. The van der Waals surface area contributed by atoms with Gasteiger partial charge in [-0.3, -0.25) is 4.79 Å². The summed E-state index contributed by atoms with van der Waals surface area (Å²) in [6, 6.07) is 0. The van der Waals surface area contributed by atoms with E-state index in [-0.39, 0.29) is 11.8 Å². The quantitative estimate of drug-likeness (QED) is 0.754. The van der Waals surface area contributed by atoms with Crippen LogP contribution in [-0.2, 0) is 6.42 Å². The molecule has 15 heavy (non-hydrogen) atoms. The minimum Gasteiger partial charge on any atom is -0.386 e. The van der Waals surface area contributed by atoms with E-state index in [1.807, 2.05) is 6.92 Å². The minimum atomic E-state index is -0.511. The third-order valence-corrected chi connectivity index (χ3v) is 3.92. The van der Waals surface area contributed by atoms with Crippen LogP contribution in [0.1, 0.15) is 39.8 Å². The lowest BCUT2D eigenvalue weighted by atomic mass is 9.90. The Labute approximate surface area is 92.3 Å². The van der Waals surface area contributed by atoms with E-state index < -0.39 is 6.10 Å². The van der Waals surface area contributed by atoms with Crippen LogP contribution in [0.2, 0.25) is 0 Å². The number of carbonyl (C=O) groups excluding carboxylic acids is 1. The van der Waals surface area contributed by atoms with Crippen LogP contribution < -0.4 is 5.32 Å². The predicted molar refractivity (Wildman–Crippen MR) is 57.9 cm³/mol. The van der Waals surface area contributed by atoms with Crippen molar-refractivity contribution in [2.24, 2.45) is 5.92 Å². The Bertz CT molecular complexity index is 389. The molecule has 5 heteroatoms. The Hall–Kier alpha value is -0.940. The van der Waals surface area contributed by atoms with Crippen molar-refractivity contribution < 1.29 is 9.90 Å². The molecule has 82 valence electrons. The molecule has 2 N–H and O–H groups in total. The number of nitrogens with one attached hydrogen (secondary N) is 1. The van der Waals surface area contributed by atoms with E-state index in [0.717, 1.165) is 17.7 Å². The van der Waals surface area contributed by atoms with Crippen LogP contribution in [0.3, 0.4) is 0 Å². The molecule has 1 aromatic rings. The third-order valence-electron chi connectivity index (χ3n) is 2.79. The van der Waals surface area contributed by atoms with Crippen LogP contribution >= 0.6 is 11.3 Å². The summed E-state index contributed by atoms with van der Waals surface area (Å²) in [5.74, 6) is 0.0615. The molecule has 0 spiro atoms. The van der Waals surface area contributed by atoms with Gasteiger partial charge in [-0.2, -0.15) is 0 Å². The molecule has 1 aliphatic rings. The van der Waals surface area contributed by atoms with Crippen molar-refractivity contribution in [3.05, 3.63) is 15.6 Å². The van der Waals surface area contributed by atoms with Crippen molar-refractivity contribution in [1.29, 1.82) is 0 Å². The van der Waals surface area contributed by atoms with Crippen molar-refractivity contribution in [2.75, 3.05) is 7.05 Å². The van der Waals surface area contributed by atoms with Crippen LogP contribution in [0.15, 0.2) is 0 Å². The maximum absolute atomic E-state index is 11.4. The molecule has 2 atom stereocenters. The lowest BCUT2D eigenvalue weighted by Gasteiger charge is -2.22. The van der Waals surface area contributed by atoms with Gasteiger partial charge in [0.25, 0.3) is 5.91 Å². The lowest BCUT2D eigenvalue weighted by molar-refractivity contribution is 0.0950. The lowest BCUT2D eigenvalue weighted by Crippen LogP contribution is -2.19. The number of aliphatic hydroxyl groups is 1. The average molecular weight is 226 g/mol. The molecule has 4 nitrogen and oxygen atoms in total. The van der Waals surface area contributed by atoms with Gasteiger partial charge in [0, 0.05) is 11.9 Å². The molecular formula is C10H14N2O2S. The summed E-state index contributed by atoms with van der Waals surface area (Å²) in [7, 11) is 1.59. The van der Waals surface area contributed by atoms with Gasteiger partial charge < -0.3 is 10.4 Å². The first-order valence-electron chi connectivity index (χ1n) is 5.03. The first-order chi connectivity index (χ1) is 7.13. The second-order valence-corrected chi connectivity index (χ2v) is 4.95. The summed E-state index contributed by atoms with van der Waals surface area (Å²) < 4.78 is 0. The van der Waals surface area contributed by atoms with Gasteiger partial charge in [-0.25, -0.2) is 4.98 Å². The number of nitrogens with zero attached hydrogens (tertiary/aromatic N) is 1. The monoisotopic (exact) mass is 226 g/mol. The Morgan fingerprint density at radius 2 is 2.40 bits per heavy atom. The van der Waals surface area contributed by atoms with Crippen molar-refractivity contribution in [3.8, 4) is 0 Å². The molecule has 2 unspecified atom stereocenters. The zero-order chi connectivity index (χ0) is 11.0. The number of aryl methyl sites for hydroxylation is 1. The number of aliphatic hydroxyl groups excluding tert-OH is 1. The first kappa shape index (κ1) is 10.6. The summed E-state index contributed by atoms with van der Waals surface area (Å²) in [5, 5.41) is 12.9. The predicted octanol–water partition coefficient (Wildman–Crippen LogP) is 1.12. The van der Waals surface area contributed by atoms with Gasteiger partial charge in [-0.1, -0.05) is 6.92 Å². The molecule has 1 amide bonds. The van der Waals surface area contributed by atoms with Crippen LogP contribution in [0, 0.1) is 5.92 Å². The maximum Gasteiger partial charge on any atom is 0.280 e. The van der Waals surface area contributed by atoms with Crippen LogP contribution in [0.4, 0.5) is 0 Å². The normalized spacial score (nSPS) is 24.7. The molecule has 1 aliphatic carbocycles. The van der Waals surface area contributed by atoms with E-state index in [1.54, 1.807) is 7.05 Å². The maximum atomic E-state index is 11.4. The van der Waals surface area contributed by atoms with Crippen molar-refractivity contribution in [2.45, 2.75) is 25.9 Å². The Kier molecular flexibility index (Phi) is 2.75. The number of rotatable bonds is 1. The average Bonchev–Trinajstić information content (AvgIpc) is 2.67. The highest BCUT2D eigenvalue weighted by atomic mass is 32.1. The molecule has 2 rings (SSSR count). The van der Waals surface area contributed by atoms with Crippen LogP contribution in [-0.4, -0.2) is 23.0 Å². The second-order valence-electron chi connectivity index (χ2n) is 3.87. The number of hydrogen-bond acceptors (Lipinski definition) is 4. The Morgan fingerprint density at radius 1 is 1.67 bits per heavy atom. The molecule has 0 aliphatic heterocycles. The molecule has 1 heterocycles. The van der Waals surface area contributed by atoms with Crippen LogP contribution in [0.5, 0.6) is 0 Å². The van der Waals surface area contributed by atoms with Gasteiger partial charge in [0.05, 0.1) is 11.8 Å². The fourth-order valence-corrected chi connectivity index (χ4v) is 2.83. The van der Waals surface area contributed by atoms with E-state index in [4.69, 9.17) is 0 Å². The highest BCUT2D eigenvalue weighted by molar-refractivity contribution is 7.13. The van der Waals surface area contributed by atoms with Gasteiger partial charge in [-0.15, -0.1) is 11.3 Å². The Balaban J connectivity index is 2.35. The summed E-state index contributed by atoms with van der Waals surface area (Å²) in [6.07, 6.45) is 1.37. The largest absolute Gasteiger partial charge is 0.386 e.